The van der Waals surface area contributed by atoms with Gasteiger partial charge in [0.15, 0.2) is 0 Å². The van der Waals surface area contributed by atoms with Gasteiger partial charge in [0.25, 0.3) is 0 Å². The Hall–Kier alpha value is -0.820. The molecule has 0 bridgehead atoms. The molecule has 0 amide bonds. The summed E-state index contributed by atoms with van der Waals surface area (Å²) < 4.78 is 0. The topological polar surface area (TPSA) is 12.0 Å². The first-order valence-electron chi connectivity index (χ1n) is 6.65. The molecule has 3 atom stereocenters. The third kappa shape index (κ3) is 2.30. The summed E-state index contributed by atoms with van der Waals surface area (Å²) in [4.78, 5) is 0. The smallest absolute Gasteiger partial charge is 0.0107 e. The summed E-state index contributed by atoms with van der Waals surface area (Å²) in [5, 5.41) is 3.67. The number of nitrogens with one attached hydrogen (secondary N) is 1. The average molecular weight is 217 g/mol. The van der Waals surface area contributed by atoms with Crippen molar-refractivity contribution < 1.29 is 0 Å². The van der Waals surface area contributed by atoms with E-state index in [4.69, 9.17) is 0 Å². The van der Waals surface area contributed by atoms with Crippen molar-refractivity contribution in [2.75, 3.05) is 6.54 Å². The highest BCUT2D eigenvalue weighted by Gasteiger charge is 2.39. The van der Waals surface area contributed by atoms with Gasteiger partial charge in [-0.2, -0.15) is 0 Å². The van der Waals surface area contributed by atoms with E-state index in [0.717, 1.165) is 17.9 Å². The normalized spacial score (nSPS) is 28.8. The van der Waals surface area contributed by atoms with Gasteiger partial charge in [-0.1, -0.05) is 50.6 Å². The molecule has 2 rings (SSSR count). The minimum Gasteiger partial charge on any atom is -0.314 e. The highest BCUT2D eigenvalue weighted by atomic mass is 14.9. The first-order valence-corrected chi connectivity index (χ1v) is 6.65. The van der Waals surface area contributed by atoms with E-state index in [0.29, 0.717) is 0 Å². The molecule has 0 spiro atoms. The van der Waals surface area contributed by atoms with E-state index in [2.05, 4.69) is 49.5 Å². The second-order valence-electron chi connectivity index (χ2n) is 4.89. The summed E-state index contributed by atoms with van der Waals surface area (Å²) >= 11 is 0. The number of rotatable bonds is 5. The molecule has 1 nitrogen and oxygen atoms in total. The second kappa shape index (κ2) is 5.49. The lowest BCUT2D eigenvalue weighted by molar-refractivity contribution is 0.161. The Morgan fingerprint density at radius 2 is 1.94 bits per heavy atom. The molecule has 1 heteroatoms. The van der Waals surface area contributed by atoms with Crippen LogP contribution in [0.5, 0.6) is 0 Å². The third-order valence-electron chi connectivity index (χ3n) is 3.90. The number of hydrogen-bond donors (Lipinski definition) is 1. The molecule has 1 N–H and O–H groups in total. The van der Waals surface area contributed by atoms with Crippen molar-refractivity contribution in [1.82, 2.24) is 5.32 Å². The van der Waals surface area contributed by atoms with Crippen LogP contribution in [0.3, 0.4) is 0 Å². The first kappa shape index (κ1) is 11.7. The van der Waals surface area contributed by atoms with Gasteiger partial charge >= 0.3 is 0 Å². The molecule has 3 unspecified atom stereocenters. The van der Waals surface area contributed by atoms with Crippen LogP contribution in [0.1, 0.15) is 44.6 Å². The van der Waals surface area contributed by atoms with E-state index in [1.54, 1.807) is 0 Å². The van der Waals surface area contributed by atoms with Gasteiger partial charge < -0.3 is 5.32 Å². The quantitative estimate of drug-likeness (QED) is 0.795. The second-order valence-corrected chi connectivity index (χ2v) is 4.89. The molecule has 88 valence electrons. The molecular weight excluding hydrogens is 194 g/mol. The van der Waals surface area contributed by atoms with Crippen molar-refractivity contribution in [2.45, 2.75) is 45.1 Å². The number of hydrogen-bond acceptors (Lipinski definition) is 1. The van der Waals surface area contributed by atoms with Crippen LogP contribution < -0.4 is 5.32 Å². The Morgan fingerprint density at radius 3 is 2.56 bits per heavy atom. The zero-order chi connectivity index (χ0) is 11.4. The fourth-order valence-corrected chi connectivity index (χ4v) is 2.92. The van der Waals surface area contributed by atoms with E-state index in [9.17, 15) is 0 Å². The van der Waals surface area contributed by atoms with Crippen molar-refractivity contribution in [3.63, 3.8) is 0 Å². The molecule has 0 aromatic heterocycles. The van der Waals surface area contributed by atoms with Crippen LogP contribution in [0, 0.1) is 5.92 Å². The lowest BCUT2D eigenvalue weighted by Gasteiger charge is -2.45. The molecule has 16 heavy (non-hydrogen) atoms. The molecule has 0 aliphatic heterocycles. The summed E-state index contributed by atoms with van der Waals surface area (Å²) in [6, 6.07) is 11.8. The van der Waals surface area contributed by atoms with Gasteiger partial charge in [-0.05, 0) is 36.8 Å². The summed E-state index contributed by atoms with van der Waals surface area (Å²) in [6.45, 7) is 5.73. The zero-order valence-electron chi connectivity index (χ0n) is 10.4. The molecule has 1 aromatic carbocycles. The van der Waals surface area contributed by atoms with Gasteiger partial charge in [-0.3, -0.25) is 0 Å². The molecule has 0 heterocycles. The maximum Gasteiger partial charge on any atom is 0.0107 e. The summed E-state index contributed by atoms with van der Waals surface area (Å²) in [5.74, 6) is 1.63. The van der Waals surface area contributed by atoms with E-state index in [1.807, 2.05) is 0 Å². The van der Waals surface area contributed by atoms with Gasteiger partial charge in [-0.25, -0.2) is 0 Å². The van der Waals surface area contributed by atoms with E-state index in [1.165, 1.54) is 31.4 Å². The molecular formula is C15H23N. The maximum absolute atomic E-state index is 3.67. The van der Waals surface area contributed by atoms with E-state index < -0.39 is 0 Å². The fraction of sp³-hybridized carbons (Fsp3) is 0.600. The van der Waals surface area contributed by atoms with Crippen LogP contribution in [0.15, 0.2) is 30.3 Å². The minimum absolute atomic E-state index is 0.759. The maximum atomic E-state index is 3.67. The van der Waals surface area contributed by atoms with Crippen molar-refractivity contribution in [2.24, 2.45) is 5.92 Å². The van der Waals surface area contributed by atoms with Crippen LogP contribution in [0.25, 0.3) is 0 Å². The van der Waals surface area contributed by atoms with Gasteiger partial charge in [0.05, 0.1) is 0 Å². The highest BCUT2D eigenvalue weighted by Crippen LogP contribution is 2.44. The first-order chi connectivity index (χ1) is 7.86. The standard InChI is InChI=1S/C15H23N/c1-3-10-16-15-11-14(13(15)4-2)12-8-6-5-7-9-12/h5-9,13-16H,3-4,10-11H2,1-2H3. The fourth-order valence-electron chi connectivity index (χ4n) is 2.92. The Labute approximate surface area is 99.3 Å². The van der Waals surface area contributed by atoms with Crippen LogP contribution >= 0.6 is 0 Å². The monoisotopic (exact) mass is 217 g/mol. The Bertz CT molecular complexity index is 306. The Kier molecular flexibility index (Phi) is 4.00. The molecule has 1 fully saturated rings. The molecule has 0 saturated heterocycles. The molecule has 0 radical (unpaired) electrons. The van der Waals surface area contributed by atoms with Gasteiger partial charge in [-0.15, -0.1) is 0 Å². The van der Waals surface area contributed by atoms with Crippen LogP contribution in [-0.2, 0) is 0 Å². The minimum atomic E-state index is 0.759. The summed E-state index contributed by atoms with van der Waals surface area (Å²) in [5.41, 5.74) is 1.53. The summed E-state index contributed by atoms with van der Waals surface area (Å²) in [6.07, 6.45) is 3.85. The SMILES string of the molecule is CCCNC1CC(c2ccccc2)C1CC. The predicted molar refractivity (Wildman–Crippen MR) is 69.7 cm³/mol. The molecule has 1 aliphatic carbocycles. The lowest BCUT2D eigenvalue weighted by atomic mass is 9.65. The largest absolute Gasteiger partial charge is 0.314 e. The zero-order valence-corrected chi connectivity index (χ0v) is 10.4. The molecule has 1 aromatic rings. The van der Waals surface area contributed by atoms with Crippen molar-refractivity contribution in [1.29, 1.82) is 0 Å². The van der Waals surface area contributed by atoms with E-state index >= 15 is 0 Å². The van der Waals surface area contributed by atoms with Gasteiger partial charge in [0, 0.05) is 6.04 Å². The third-order valence-corrected chi connectivity index (χ3v) is 3.90. The average Bonchev–Trinajstić information content (AvgIpc) is 2.30. The van der Waals surface area contributed by atoms with Gasteiger partial charge in [0.2, 0.25) is 0 Å². The van der Waals surface area contributed by atoms with Crippen molar-refractivity contribution >= 4 is 0 Å². The van der Waals surface area contributed by atoms with Crippen molar-refractivity contribution in [3.05, 3.63) is 35.9 Å². The molecule has 1 saturated carbocycles. The van der Waals surface area contributed by atoms with E-state index in [-0.39, 0.29) is 0 Å². The van der Waals surface area contributed by atoms with Crippen LogP contribution in [0.2, 0.25) is 0 Å². The molecule has 1 aliphatic rings. The number of benzene rings is 1. The Balaban J connectivity index is 1.95. The van der Waals surface area contributed by atoms with Crippen LogP contribution in [-0.4, -0.2) is 12.6 Å². The van der Waals surface area contributed by atoms with Crippen LogP contribution in [0.4, 0.5) is 0 Å². The Morgan fingerprint density at radius 1 is 1.19 bits per heavy atom. The lowest BCUT2D eigenvalue weighted by Crippen LogP contribution is -2.49. The highest BCUT2D eigenvalue weighted by molar-refractivity contribution is 5.24. The van der Waals surface area contributed by atoms with Crippen molar-refractivity contribution in [3.8, 4) is 0 Å². The van der Waals surface area contributed by atoms with Gasteiger partial charge in [0.1, 0.15) is 0 Å². The summed E-state index contributed by atoms with van der Waals surface area (Å²) in [7, 11) is 0. The predicted octanol–water partition coefficient (Wildman–Crippen LogP) is 3.57.